The van der Waals surface area contributed by atoms with Gasteiger partial charge in [0.1, 0.15) is 5.69 Å². The highest BCUT2D eigenvalue weighted by Gasteiger charge is 2.13. The molecular formula is C24H28ClN7. The summed E-state index contributed by atoms with van der Waals surface area (Å²) in [4.78, 5) is 11.2. The second-order valence-electron chi connectivity index (χ2n) is 7.94. The lowest BCUT2D eigenvalue weighted by molar-refractivity contribution is 0.333. The molecule has 0 amide bonds. The van der Waals surface area contributed by atoms with Crippen LogP contribution >= 0.6 is 11.6 Å². The maximum Gasteiger partial charge on any atom is 0.131 e. The van der Waals surface area contributed by atoms with Crippen LogP contribution in [0.25, 0.3) is 11.4 Å². The molecule has 1 aliphatic rings. The molecule has 0 atom stereocenters. The second kappa shape index (κ2) is 10.4. The molecule has 0 aromatic carbocycles. The van der Waals surface area contributed by atoms with Crippen LogP contribution in [0.2, 0.25) is 5.02 Å². The van der Waals surface area contributed by atoms with Crippen molar-refractivity contribution < 1.29 is 0 Å². The second-order valence-corrected chi connectivity index (χ2v) is 8.37. The Bertz CT molecular complexity index is 1070. The van der Waals surface area contributed by atoms with Crippen LogP contribution in [0.1, 0.15) is 36.2 Å². The van der Waals surface area contributed by atoms with Gasteiger partial charge >= 0.3 is 0 Å². The Balaban J connectivity index is 1.32. The summed E-state index contributed by atoms with van der Waals surface area (Å²) in [6.07, 6.45) is 11.7. The zero-order chi connectivity index (χ0) is 22.3. The number of nitrogens with zero attached hydrogens (tertiary/aromatic N) is 4. The number of halogens is 1. The summed E-state index contributed by atoms with van der Waals surface area (Å²) in [6, 6.07) is 5.89. The summed E-state index contributed by atoms with van der Waals surface area (Å²) in [5.74, 6) is 0. The quantitative estimate of drug-likeness (QED) is 0.402. The van der Waals surface area contributed by atoms with Crippen molar-refractivity contribution in [1.82, 2.24) is 25.1 Å². The highest BCUT2D eigenvalue weighted by atomic mass is 35.5. The van der Waals surface area contributed by atoms with E-state index in [1.54, 1.807) is 24.7 Å². The van der Waals surface area contributed by atoms with Crippen molar-refractivity contribution >= 4 is 34.4 Å². The fraction of sp³-hybridized carbons (Fsp3) is 0.292. The lowest BCUT2D eigenvalue weighted by Gasteiger charge is -2.14. The van der Waals surface area contributed by atoms with Gasteiger partial charge < -0.3 is 15.5 Å². The minimum absolute atomic E-state index is 0.552. The van der Waals surface area contributed by atoms with E-state index in [4.69, 9.17) is 11.6 Å². The van der Waals surface area contributed by atoms with E-state index >= 15 is 0 Å². The van der Waals surface area contributed by atoms with Crippen LogP contribution in [0.4, 0.5) is 11.4 Å². The predicted octanol–water partition coefficient (Wildman–Crippen LogP) is 5.05. The number of rotatable bonds is 10. The van der Waals surface area contributed by atoms with E-state index < -0.39 is 0 Å². The summed E-state index contributed by atoms with van der Waals surface area (Å²) in [5.41, 5.74) is 5.49. The van der Waals surface area contributed by atoms with Gasteiger partial charge in [0.15, 0.2) is 0 Å². The Kier molecular flexibility index (Phi) is 7.19. The molecular weight excluding hydrogens is 422 g/mol. The van der Waals surface area contributed by atoms with E-state index in [0.717, 1.165) is 42.0 Å². The zero-order valence-electron chi connectivity index (χ0n) is 18.1. The van der Waals surface area contributed by atoms with E-state index in [-0.39, 0.29) is 0 Å². The van der Waals surface area contributed by atoms with Crippen molar-refractivity contribution in [2.45, 2.75) is 25.7 Å². The first kappa shape index (κ1) is 22.0. The molecule has 1 saturated heterocycles. The van der Waals surface area contributed by atoms with Crippen LogP contribution in [-0.4, -0.2) is 44.7 Å². The van der Waals surface area contributed by atoms with Crippen LogP contribution in [0.15, 0.2) is 56.1 Å². The van der Waals surface area contributed by atoms with E-state index in [9.17, 15) is 0 Å². The van der Waals surface area contributed by atoms with Gasteiger partial charge in [-0.15, -0.1) is 0 Å². The zero-order valence-corrected chi connectivity index (χ0v) is 18.8. The van der Waals surface area contributed by atoms with Crippen molar-refractivity contribution in [2.24, 2.45) is 0 Å². The van der Waals surface area contributed by atoms with E-state index in [2.05, 4.69) is 54.9 Å². The SMILES string of the molecule is C=C(Nc1c[nH]nc1C(=C)Nc1ccc(CCCN2CCCC2)nc1)c1cncc(Cl)c1. The first-order valence-corrected chi connectivity index (χ1v) is 11.2. The van der Waals surface area contributed by atoms with Crippen molar-refractivity contribution in [3.05, 3.63) is 78.1 Å². The smallest absolute Gasteiger partial charge is 0.131 e. The van der Waals surface area contributed by atoms with Gasteiger partial charge in [0.05, 0.1) is 28.3 Å². The van der Waals surface area contributed by atoms with Gasteiger partial charge in [0, 0.05) is 35.5 Å². The van der Waals surface area contributed by atoms with Gasteiger partial charge in [0.25, 0.3) is 0 Å². The van der Waals surface area contributed by atoms with Crippen molar-refractivity contribution in [2.75, 3.05) is 30.3 Å². The number of hydrogen-bond donors (Lipinski definition) is 3. The van der Waals surface area contributed by atoms with Gasteiger partial charge in [-0.1, -0.05) is 24.8 Å². The first-order chi connectivity index (χ1) is 15.6. The average molecular weight is 450 g/mol. The summed E-state index contributed by atoms with van der Waals surface area (Å²) < 4.78 is 0. The Morgan fingerprint density at radius 2 is 1.94 bits per heavy atom. The van der Waals surface area contributed by atoms with Crippen molar-refractivity contribution in [3.8, 4) is 0 Å². The van der Waals surface area contributed by atoms with Gasteiger partial charge in [0.2, 0.25) is 0 Å². The molecule has 0 saturated carbocycles. The molecule has 32 heavy (non-hydrogen) atoms. The van der Waals surface area contributed by atoms with Crippen molar-refractivity contribution in [3.63, 3.8) is 0 Å². The molecule has 1 aliphatic heterocycles. The Morgan fingerprint density at radius 3 is 2.69 bits per heavy atom. The lowest BCUT2D eigenvalue weighted by Crippen LogP contribution is -2.20. The van der Waals surface area contributed by atoms with Crippen LogP contribution in [0.5, 0.6) is 0 Å². The molecule has 0 aliphatic carbocycles. The van der Waals surface area contributed by atoms with Crippen molar-refractivity contribution in [1.29, 1.82) is 0 Å². The van der Waals surface area contributed by atoms with Crippen LogP contribution in [0, 0.1) is 0 Å². The van der Waals surface area contributed by atoms with E-state index in [1.165, 1.54) is 25.9 Å². The minimum Gasteiger partial charge on any atom is -0.353 e. The van der Waals surface area contributed by atoms with Gasteiger partial charge in [-0.25, -0.2) is 0 Å². The number of H-pyrrole nitrogens is 1. The number of aromatic nitrogens is 4. The molecule has 0 radical (unpaired) electrons. The van der Waals surface area contributed by atoms with E-state index in [1.807, 2.05) is 12.3 Å². The maximum atomic E-state index is 6.03. The molecule has 4 rings (SSSR count). The average Bonchev–Trinajstić information content (AvgIpc) is 3.47. The molecule has 3 aromatic rings. The first-order valence-electron chi connectivity index (χ1n) is 10.8. The van der Waals surface area contributed by atoms with Crippen LogP contribution in [0.3, 0.4) is 0 Å². The molecule has 0 spiro atoms. The van der Waals surface area contributed by atoms with Gasteiger partial charge in [-0.05, 0) is 63.5 Å². The lowest BCUT2D eigenvalue weighted by atomic mass is 10.2. The molecule has 3 aromatic heterocycles. The fourth-order valence-electron chi connectivity index (χ4n) is 3.80. The molecule has 4 heterocycles. The number of likely N-dealkylation sites (tertiary alicyclic amines) is 1. The highest BCUT2D eigenvalue weighted by molar-refractivity contribution is 6.30. The molecule has 3 N–H and O–H groups in total. The Hall–Kier alpha value is -3.16. The largest absolute Gasteiger partial charge is 0.353 e. The normalized spacial score (nSPS) is 13.8. The highest BCUT2D eigenvalue weighted by Crippen LogP contribution is 2.25. The molecule has 1 fully saturated rings. The molecule has 0 bridgehead atoms. The maximum absolute atomic E-state index is 6.03. The number of aryl methyl sites for hydroxylation is 1. The third-order valence-corrected chi connectivity index (χ3v) is 5.70. The topological polar surface area (TPSA) is 81.8 Å². The van der Waals surface area contributed by atoms with Gasteiger partial charge in [-0.3, -0.25) is 15.1 Å². The molecule has 166 valence electrons. The summed E-state index contributed by atoms with van der Waals surface area (Å²) in [6.45, 7) is 11.8. The summed E-state index contributed by atoms with van der Waals surface area (Å²) in [7, 11) is 0. The predicted molar refractivity (Wildman–Crippen MR) is 131 cm³/mol. The number of hydrogen-bond acceptors (Lipinski definition) is 6. The minimum atomic E-state index is 0.552. The van der Waals surface area contributed by atoms with E-state index in [0.29, 0.717) is 22.1 Å². The monoisotopic (exact) mass is 449 g/mol. The van der Waals surface area contributed by atoms with Gasteiger partial charge in [-0.2, -0.15) is 5.10 Å². The summed E-state index contributed by atoms with van der Waals surface area (Å²) in [5, 5.41) is 14.3. The summed E-state index contributed by atoms with van der Waals surface area (Å²) >= 11 is 6.03. The third kappa shape index (κ3) is 5.75. The molecule has 8 heteroatoms. The standard InChI is InChI=1S/C24H28ClN7/c1-17(19-12-20(25)14-26-13-19)30-23-16-28-31-24(23)18(2)29-22-8-7-21(27-15-22)6-5-11-32-9-3-4-10-32/h7-8,12-16,29-30H,1-6,9-11H2,(H,28,31). The van der Waals surface area contributed by atoms with Crippen LogP contribution in [-0.2, 0) is 6.42 Å². The number of aromatic amines is 1. The Labute approximate surface area is 193 Å². The number of pyridine rings is 2. The molecule has 7 nitrogen and oxygen atoms in total. The third-order valence-electron chi connectivity index (χ3n) is 5.49. The van der Waals surface area contributed by atoms with Crippen LogP contribution < -0.4 is 10.6 Å². The Morgan fingerprint density at radius 1 is 1.09 bits per heavy atom. The number of anilines is 2. The fourth-order valence-corrected chi connectivity index (χ4v) is 3.97. The number of nitrogens with one attached hydrogen (secondary N) is 3. The molecule has 0 unspecified atom stereocenters.